The summed E-state index contributed by atoms with van der Waals surface area (Å²) in [7, 11) is 2.09. The summed E-state index contributed by atoms with van der Waals surface area (Å²) < 4.78 is 0. The van der Waals surface area contributed by atoms with Crippen LogP contribution in [0.1, 0.15) is 90.9 Å². The molecule has 0 aromatic rings. The van der Waals surface area contributed by atoms with Gasteiger partial charge in [-0.3, -0.25) is 4.79 Å². The van der Waals surface area contributed by atoms with Crippen molar-refractivity contribution >= 4 is 13.8 Å². The lowest BCUT2D eigenvalue weighted by Crippen LogP contribution is -2.37. The normalized spacial score (nSPS) is 20.2. The topological polar surface area (TPSA) is 20.3 Å². The van der Waals surface area contributed by atoms with Gasteiger partial charge in [0.15, 0.2) is 0 Å². The standard InChI is InChI=1S/C18H36BNO/c1-3-5-7-9-11-13-16(12-10-8-6-4-2)20-15-14-17(19)18(20)21/h16-17H,3-15,19H2,1-2H3. The van der Waals surface area contributed by atoms with E-state index in [0.717, 1.165) is 13.0 Å². The van der Waals surface area contributed by atoms with Crippen molar-refractivity contribution in [2.45, 2.75) is 103 Å². The third kappa shape index (κ3) is 6.89. The smallest absolute Gasteiger partial charge is 0.217 e. The highest BCUT2D eigenvalue weighted by molar-refractivity contribution is 6.24. The number of carbonyl (C=O) groups is 1. The predicted octanol–water partition coefficient (Wildman–Crippen LogP) is 4.34. The van der Waals surface area contributed by atoms with Gasteiger partial charge in [-0.25, -0.2) is 0 Å². The Kier molecular flexibility index (Phi) is 9.87. The third-order valence-corrected chi connectivity index (χ3v) is 4.98. The van der Waals surface area contributed by atoms with Crippen LogP contribution < -0.4 is 0 Å². The van der Waals surface area contributed by atoms with Gasteiger partial charge in [-0.05, 0) is 19.3 Å². The minimum absolute atomic E-state index is 0.267. The Morgan fingerprint density at radius 3 is 2.00 bits per heavy atom. The number of amides is 1. The SMILES string of the molecule is BC1CCN(C(CCCCCC)CCCCCCC)C1=O. The molecule has 2 atom stereocenters. The number of hydrogen-bond acceptors (Lipinski definition) is 1. The molecule has 2 nitrogen and oxygen atoms in total. The van der Waals surface area contributed by atoms with E-state index in [1.165, 1.54) is 70.6 Å². The number of nitrogens with zero attached hydrogens (tertiary/aromatic N) is 1. The average molecular weight is 293 g/mol. The lowest BCUT2D eigenvalue weighted by atomic mass is 9.86. The van der Waals surface area contributed by atoms with Crippen LogP contribution in [0.2, 0.25) is 5.82 Å². The Morgan fingerprint density at radius 2 is 1.52 bits per heavy atom. The lowest BCUT2D eigenvalue weighted by molar-refractivity contribution is -0.129. The molecular formula is C18H36BNO. The number of carbonyl (C=O) groups excluding carboxylic acids is 1. The van der Waals surface area contributed by atoms with Crippen molar-refractivity contribution in [1.29, 1.82) is 0 Å². The largest absolute Gasteiger partial charge is 0.340 e. The van der Waals surface area contributed by atoms with Crippen LogP contribution in [-0.4, -0.2) is 31.2 Å². The van der Waals surface area contributed by atoms with Crippen molar-refractivity contribution in [2.75, 3.05) is 6.54 Å². The Labute approximate surface area is 133 Å². The van der Waals surface area contributed by atoms with E-state index in [9.17, 15) is 4.79 Å². The fourth-order valence-electron chi connectivity index (χ4n) is 3.46. The van der Waals surface area contributed by atoms with Gasteiger partial charge in [0.25, 0.3) is 0 Å². The van der Waals surface area contributed by atoms with Gasteiger partial charge in [0.05, 0.1) is 0 Å². The van der Waals surface area contributed by atoms with Crippen LogP contribution in [0.5, 0.6) is 0 Å². The van der Waals surface area contributed by atoms with Gasteiger partial charge in [0.2, 0.25) is 5.91 Å². The molecular weight excluding hydrogens is 257 g/mol. The molecule has 1 saturated heterocycles. The average Bonchev–Trinajstić information content (AvgIpc) is 2.81. The Bertz CT molecular complexity index is 282. The van der Waals surface area contributed by atoms with E-state index in [0.29, 0.717) is 11.9 Å². The number of unbranched alkanes of at least 4 members (excludes halogenated alkanes) is 7. The maximum Gasteiger partial charge on any atom is 0.217 e. The van der Waals surface area contributed by atoms with Crippen LogP contribution in [0.15, 0.2) is 0 Å². The molecule has 0 saturated carbocycles. The summed E-state index contributed by atoms with van der Waals surface area (Å²) in [5.74, 6) is 0.687. The van der Waals surface area contributed by atoms with E-state index >= 15 is 0 Å². The van der Waals surface area contributed by atoms with Crippen molar-refractivity contribution in [3.8, 4) is 0 Å². The molecule has 0 spiro atoms. The molecule has 0 radical (unpaired) electrons. The minimum Gasteiger partial charge on any atom is -0.340 e. The van der Waals surface area contributed by atoms with Crippen LogP contribution in [0, 0.1) is 0 Å². The summed E-state index contributed by atoms with van der Waals surface area (Å²) in [6.45, 7) is 5.53. The molecule has 0 aromatic heterocycles. The molecule has 1 heterocycles. The molecule has 0 aliphatic carbocycles. The van der Waals surface area contributed by atoms with E-state index in [1.54, 1.807) is 0 Å². The monoisotopic (exact) mass is 293 g/mol. The zero-order chi connectivity index (χ0) is 15.5. The molecule has 1 amide bonds. The second kappa shape index (κ2) is 11.1. The van der Waals surface area contributed by atoms with Gasteiger partial charge in [-0.1, -0.05) is 71.6 Å². The van der Waals surface area contributed by atoms with Crippen molar-refractivity contribution in [2.24, 2.45) is 0 Å². The van der Waals surface area contributed by atoms with E-state index < -0.39 is 0 Å². The van der Waals surface area contributed by atoms with Gasteiger partial charge in [0.1, 0.15) is 7.85 Å². The number of rotatable bonds is 12. The first kappa shape index (κ1) is 18.6. The van der Waals surface area contributed by atoms with Gasteiger partial charge in [-0.15, -0.1) is 0 Å². The highest BCUT2D eigenvalue weighted by Gasteiger charge is 2.32. The van der Waals surface area contributed by atoms with Crippen LogP contribution in [0.3, 0.4) is 0 Å². The predicted molar refractivity (Wildman–Crippen MR) is 94.5 cm³/mol. The Morgan fingerprint density at radius 1 is 1.00 bits per heavy atom. The molecule has 0 aromatic carbocycles. The Balaban J connectivity index is 2.36. The number of hydrogen-bond donors (Lipinski definition) is 0. The van der Waals surface area contributed by atoms with Gasteiger partial charge in [-0.2, -0.15) is 0 Å². The lowest BCUT2D eigenvalue weighted by Gasteiger charge is -2.28. The van der Waals surface area contributed by atoms with Gasteiger partial charge >= 0.3 is 0 Å². The first-order chi connectivity index (χ1) is 10.2. The minimum atomic E-state index is 0.267. The summed E-state index contributed by atoms with van der Waals surface area (Å²) in [6.07, 6.45) is 15.5. The van der Waals surface area contributed by atoms with Crippen molar-refractivity contribution < 1.29 is 4.79 Å². The van der Waals surface area contributed by atoms with Gasteiger partial charge < -0.3 is 4.90 Å². The molecule has 0 bridgehead atoms. The first-order valence-electron chi connectivity index (χ1n) is 9.51. The van der Waals surface area contributed by atoms with Crippen molar-refractivity contribution in [1.82, 2.24) is 4.90 Å². The van der Waals surface area contributed by atoms with E-state index in [1.807, 2.05) is 0 Å². The van der Waals surface area contributed by atoms with E-state index in [2.05, 4.69) is 26.6 Å². The quantitative estimate of drug-likeness (QED) is 0.387. The molecule has 1 rings (SSSR count). The third-order valence-electron chi connectivity index (χ3n) is 4.98. The molecule has 3 heteroatoms. The molecule has 1 fully saturated rings. The van der Waals surface area contributed by atoms with Crippen LogP contribution in [-0.2, 0) is 4.79 Å². The zero-order valence-electron chi connectivity index (χ0n) is 14.7. The summed E-state index contributed by atoms with van der Waals surface area (Å²) in [4.78, 5) is 14.5. The molecule has 122 valence electrons. The molecule has 1 aliphatic rings. The summed E-state index contributed by atoms with van der Waals surface area (Å²) >= 11 is 0. The zero-order valence-corrected chi connectivity index (χ0v) is 14.7. The maximum absolute atomic E-state index is 12.3. The molecule has 0 N–H and O–H groups in total. The summed E-state index contributed by atoms with van der Waals surface area (Å²) in [6, 6.07) is 0.529. The second-order valence-electron chi connectivity index (χ2n) is 6.93. The van der Waals surface area contributed by atoms with Crippen LogP contribution in [0.25, 0.3) is 0 Å². The van der Waals surface area contributed by atoms with Gasteiger partial charge in [0, 0.05) is 18.4 Å². The first-order valence-corrected chi connectivity index (χ1v) is 9.51. The summed E-state index contributed by atoms with van der Waals surface area (Å²) in [5, 5.41) is 0. The molecule has 2 unspecified atom stereocenters. The van der Waals surface area contributed by atoms with Crippen LogP contribution >= 0.6 is 0 Å². The van der Waals surface area contributed by atoms with Crippen molar-refractivity contribution in [3.63, 3.8) is 0 Å². The maximum atomic E-state index is 12.3. The highest BCUT2D eigenvalue weighted by Crippen LogP contribution is 2.27. The second-order valence-corrected chi connectivity index (χ2v) is 6.93. The van der Waals surface area contributed by atoms with E-state index in [-0.39, 0.29) is 5.82 Å². The fraction of sp³-hybridized carbons (Fsp3) is 0.944. The van der Waals surface area contributed by atoms with Crippen molar-refractivity contribution in [3.05, 3.63) is 0 Å². The Hall–Kier alpha value is -0.465. The van der Waals surface area contributed by atoms with Crippen LogP contribution in [0.4, 0.5) is 0 Å². The van der Waals surface area contributed by atoms with E-state index in [4.69, 9.17) is 0 Å². The molecule has 1 aliphatic heterocycles. The number of likely N-dealkylation sites (tertiary alicyclic amines) is 1. The molecule has 21 heavy (non-hydrogen) atoms. The summed E-state index contributed by atoms with van der Waals surface area (Å²) in [5.41, 5.74) is 0. The highest BCUT2D eigenvalue weighted by atomic mass is 16.2. The fourth-order valence-corrected chi connectivity index (χ4v) is 3.46.